The van der Waals surface area contributed by atoms with Gasteiger partial charge in [0.1, 0.15) is 0 Å². The SMILES string of the molecule is [2H]C1([2H])C(C#CC(O)(c2cc(Cl)cc3oc(=O)[nH]c23)C(F)(F)F)C1([2H])[2H]. The lowest BCUT2D eigenvalue weighted by molar-refractivity contribution is -0.240. The zero-order valence-corrected chi connectivity index (χ0v) is 11.3. The average Bonchev–Trinajstić information content (AvgIpc) is 2.75. The van der Waals surface area contributed by atoms with E-state index in [2.05, 4.69) is 4.42 Å². The van der Waals surface area contributed by atoms with Gasteiger partial charge in [-0.05, 0) is 18.8 Å². The third-order valence-corrected chi connectivity index (χ3v) is 3.20. The Morgan fingerprint density at radius 2 is 2.14 bits per heavy atom. The summed E-state index contributed by atoms with van der Waals surface area (Å²) in [4.78, 5) is 13.3. The normalized spacial score (nSPS) is 25.1. The Morgan fingerprint density at radius 3 is 2.73 bits per heavy atom. The molecule has 1 aromatic carbocycles. The second-order valence-corrected chi connectivity index (χ2v) is 4.98. The molecule has 22 heavy (non-hydrogen) atoms. The standard InChI is InChI=1S/C14H9ClF3NO3/c15-8-5-9(11-10(6-8)22-12(20)19-11)13(21,14(16,17)18)4-3-7-1-2-7/h5-7,21H,1-2H2,(H,19,20)/i1D2,2D2. The predicted octanol–water partition coefficient (Wildman–Crippen LogP) is 2.94. The molecular formula is C14H9ClF3NO3. The molecule has 1 fully saturated rings. The molecule has 1 aliphatic rings. The Balaban J connectivity index is 2.22. The molecule has 0 aliphatic heterocycles. The highest BCUT2D eigenvalue weighted by Gasteiger charge is 2.55. The van der Waals surface area contributed by atoms with Crippen LogP contribution in [0.2, 0.25) is 5.02 Å². The van der Waals surface area contributed by atoms with Crippen LogP contribution in [0.4, 0.5) is 13.2 Å². The molecular weight excluding hydrogens is 323 g/mol. The molecule has 2 N–H and O–H groups in total. The molecule has 0 spiro atoms. The van der Waals surface area contributed by atoms with Crippen LogP contribution in [-0.2, 0) is 5.60 Å². The summed E-state index contributed by atoms with van der Waals surface area (Å²) in [5.41, 5.74) is -5.56. The lowest BCUT2D eigenvalue weighted by Crippen LogP contribution is -2.41. The number of aromatic amines is 1. The van der Waals surface area contributed by atoms with Gasteiger partial charge in [0.25, 0.3) is 0 Å². The van der Waals surface area contributed by atoms with Gasteiger partial charge in [-0.25, -0.2) is 4.79 Å². The highest BCUT2D eigenvalue weighted by Crippen LogP contribution is 2.42. The largest absolute Gasteiger partial charge is 0.433 e. The zero-order valence-electron chi connectivity index (χ0n) is 14.5. The van der Waals surface area contributed by atoms with Crippen LogP contribution in [0, 0.1) is 17.8 Å². The molecule has 8 heteroatoms. The number of alkyl halides is 3. The maximum absolute atomic E-state index is 13.6. The second-order valence-electron chi connectivity index (χ2n) is 4.54. The van der Waals surface area contributed by atoms with E-state index in [1.165, 1.54) is 5.92 Å². The number of fused-ring (bicyclic) bond motifs is 1. The number of hydrogen-bond acceptors (Lipinski definition) is 3. The van der Waals surface area contributed by atoms with Crippen molar-refractivity contribution in [3.63, 3.8) is 0 Å². The van der Waals surface area contributed by atoms with E-state index >= 15 is 0 Å². The van der Waals surface area contributed by atoms with Gasteiger partial charge < -0.3 is 9.52 Å². The third-order valence-electron chi connectivity index (χ3n) is 2.98. The molecule has 0 radical (unpaired) electrons. The summed E-state index contributed by atoms with van der Waals surface area (Å²) in [6, 6.07) is 1.81. The predicted molar refractivity (Wildman–Crippen MR) is 72.3 cm³/mol. The molecule has 3 rings (SSSR count). The van der Waals surface area contributed by atoms with Gasteiger partial charge in [-0.1, -0.05) is 23.4 Å². The monoisotopic (exact) mass is 335 g/mol. The fourth-order valence-electron chi connectivity index (χ4n) is 1.89. The van der Waals surface area contributed by atoms with Gasteiger partial charge >= 0.3 is 11.9 Å². The Hall–Kier alpha value is -1.91. The number of benzene rings is 1. The number of hydrogen-bond donors (Lipinski definition) is 2. The van der Waals surface area contributed by atoms with E-state index in [-0.39, 0.29) is 10.6 Å². The van der Waals surface area contributed by atoms with Crippen LogP contribution in [0.3, 0.4) is 0 Å². The van der Waals surface area contributed by atoms with Crippen LogP contribution < -0.4 is 5.76 Å². The topological polar surface area (TPSA) is 66.2 Å². The van der Waals surface area contributed by atoms with Crippen LogP contribution in [-0.4, -0.2) is 16.3 Å². The molecule has 1 atom stereocenters. The minimum absolute atomic E-state index is 0.267. The third kappa shape index (κ3) is 2.49. The van der Waals surface area contributed by atoms with Gasteiger partial charge in [0.05, 0.1) is 5.52 Å². The van der Waals surface area contributed by atoms with Crippen molar-refractivity contribution in [1.29, 1.82) is 0 Å². The van der Waals surface area contributed by atoms with E-state index < -0.39 is 47.3 Å². The summed E-state index contributed by atoms with van der Waals surface area (Å²) < 4.78 is 75.0. The van der Waals surface area contributed by atoms with Crippen molar-refractivity contribution in [3.05, 3.63) is 33.3 Å². The van der Waals surface area contributed by atoms with Crippen LogP contribution in [0.15, 0.2) is 21.3 Å². The maximum Gasteiger partial charge on any atom is 0.433 e. The molecule has 1 aromatic heterocycles. The number of rotatable bonds is 1. The van der Waals surface area contributed by atoms with Gasteiger partial charge in [-0.3, -0.25) is 4.98 Å². The quantitative estimate of drug-likeness (QED) is 0.787. The lowest BCUT2D eigenvalue weighted by Gasteiger charge is -2.26. The van der Waals surface area contributed by atoms with E-state index in [0.29, 0.717) is 0 Å². The van der Waals surface area contributed by atoms with Gasteiger partial charge in [0.15, 0.2) is 5.58 Å². The molecule has 4 nitrogen and oxygen atoms in total. The Bertz CT molecular complexity index is 1010. The van der Waals surface area contributed by atoms with Crippen LogP contribution in [0.25, 0.3) is 11.1 Å². The number of aliphatic hydroxyl groups is 1. The minimum Gasteiger partial charge on any atom is -0.408 e. The van der Waals surface area contributed by atoms with Gasteiger partial charge in [0.2, 0.25) is 5.60 Å². The van der Waals surface area contributed by atoms with E-state index in [1.54, 1.807) is 0 Å². The minimum atomic E-state index is -5.36. The number of H-pyrrole nitrogens is 1. The number of oxazole rings is 1. The molecule has 1 saturated carbocycles. The fraction of sp³-hybridized carbons (Fsp3) is 0.357. The Morgan fingerprint density at radius 1 is 1.45 bits per heavy atom. The highest BCUT2D eigenvalue weighted by molar-refractivity contribution is 6.31. The van der Waals surface area contributed by atoms with E-state index in [1.807, 2.05) is 10.9 Å². The Kier molecular flexibility index (Phi) is 2.34. The van der Waals surface area contributed by atoms with Crippen molar-refractivity contribution < 1.29 is 28.2 Å². The zero-order chi connectivity index (χ0) is 19.7. The summed E-state index contributed by atoms with van der Waals surface area (Å²) in [6.07, 6.45) is -10.2. The summed E-state index contributed by atoms with van der Waals surface area (Å²) in [5.74, 6) is 0.646. The van der Waals surface area contributed by atoms with E-state index in [0.717, 1.165) is 12.1 Å². The molecule has 0 bridgehead atoms. The molecule has 1 unspecified atom stereocenters. The number of aromatic nitrogens is 1. The van der Waals surface area contributed by atoms with Crippen LogP contribution in [0.1, 0.15) is 23.8 Å². The fourth-order valence-corrected chi connectivity index (χ4v) is 2.09. The molecule has 0 saturated heterocycles. The summed E-state index contributed by atoms with van der Waals surface area (Å²) in [6.45, 7) is 0. The first kappa shape index (κ1) is 10.8. The van der Waals surface area contributed by atoms with Crippen molar-refractivity contribution in [3.8, 4) is 11.8 Å². The first-order chi connectivity index (χ1) is 11.7. The molecule has 116 valence electrons. The van der Waals surface area contributed by atoms with Crippen molar-refractivity contribution >= 4 is 22.7 Å². The van der Waals surface area contributed by atoms with Gasteiger partial charge in [-0.2, -0.15) is 13.2 Å². The molecule has 0 amide bonds. The lowest BCUT2D eigenvalue weighted by atomic mass is 9.92. The molecule has 2 aromatic rings. The Labute approximate surface area is 132 Å². The molecule has 1 aliphatic carbocycles. The van der Waals surface area contributed by atoms with Gasteiger partial charge in [0, 0.05) is 28.1 Å². The summed E-state index contributed by atoms with van der Waals surface area (Å²) >= 11 is 5.73. The van der Waals surface area contributed by atoms with Crippen molar-refractivity contribution in [2.75, 3.05) is 0 Å². The number of nitrogens with one attached hydrogen (secondary N) is 1. The van der Waals surface area contributed by atoms with Crippen molar-refractivity contribution in [2.24, 2.45) is 5.92 Å². The highest BCUT2D eigenvalue weighted by atomic mass is 35.5. The number of halogens is 4. The second kappa shape index (κ2) is 4.80. The first-order valence-electron chi connectivity index (χ1n) is 7.86. The van der Waals surface area contributed by atoms with Crippen molar-refractivity contribution in [2.45, 2.75) is 24.5 Å². The average molecular weight is 336 g/mol. The van der Waals surface area contributed by atoms with Crippen LogP contribution in [0.5, 0.6) is 0 Å². The first-order valence-corrected chi connectivity index (χ1v) is 6.24. The van der Waals surface area contributed by atoms with Crippen molar-refractivity contribution in [1.82, 2.24) is 4.98 Å². The van der Waals surface area contributed by atoms with Crippen LogP contribution >= 0.6 is 11.6 Å². The van der Waals surface area contributed by atoms with E-state index in [4.69, 9.17) is 17.1 Å². The van der Waals surface area contributed by atoms with Gasteiger partial charge in [-0.15, -0.1) is 0 Å². The smallest absolute Gasteiger partial charge is 0.408 e. The van der Waals surface area contributed by atoms with E-state index in [9.17, 15) is 23.1 Å². The maximum atomic E-state index is 13.6. The summed E-state index contributed by atoms with van der Waals surface area (Å²) in [5, 5.41) is 10.0. The molecule has 1 heterocycles. The summed E-state index contributed by atoms with van der Waals surface area (Å²) in [7, 11) is 0.